The van der Waals surface area contributed by atoms with Crippen LogP contribution in [-0.2, 0) is 0 Å². The first-order valence-corrected chi connectivity index (χ1v) is 3.26. The van der Waals surface area contributed by atoms with Crippen molar-refractivity contribution in [2.45, 2.75) is 0 Å². The molecule has 13 heavy (non-hydrogen) atoms. The van der Waals surface area contributed by atoms with Gasteiger partial charge in [-0.15, -0.1) is 0 Å². The van der Waals surface area contributed by atoms with Gasteiger partial charge >= 0.3 is 7.32 Å². The van der Waals surface area contributed by atoms with Gasteiger partial charge in [0.2, 0.25) is 0 Å². The molecule has 0 atom stereocenters. The summed E-state index contributed by atoms with van der Waals surface area (Å²) in [4.78, 5) is 0. The van der Waals surface area contributed by atoms with Gasteiger partial charge in [0.15, 0.2) is 0 Å². The van der Waals surface area contributed by atoms with Crippen molar-refractivity contribution in [2.24, 2.45) is 0 Å². The molecular weight excluding hydrogens is 176 g/mol. The Bertz CT molecular complexity index is 297. The third-order valence-corrected chi connectivity index (χ3v) is 0.994. The van der Waals surface area contributed by atoms with E-state index in [-0.39, 0.29) is 5.56 Å². The molecule has 0 heterocycles. The fourth-order valence-corrected chi connectivity index (χ4v) is 0.552. The smallest absolute Gasteiger partial charge is 0.402 e. The highest BCUT2D eigenvalue weighted by atomic mass is 19.1. The highest BCUT2D eigenvalue weighted by Crippen LogP contribution is 2.02. The van der Waals surface area contributed by atoms with Crippen LogP contribution in [-0.4, -0.2) is 22.4 Å². The molecule has 0 fully saturated rings. The SMILES string of the molecule is N#Cc1ccccc1F.OB(O)O. The second kappa shape index (κ2) is 6.14. The van der Waals surface area contributed by atoms with Gasteiger partial charge in [-0.05, 0) is 12.1 Å². The second-order valence-electron chi connectivity index (χ2n) is 1.94. The van der Waals surface area contributed by atoms with E-state index < -0.39 is 13.1 Å². The largest absolute Gasteiger partial charge is 0.631 e. The standard InChI is InChI=1S/C7H4FN.BH3O3/c8-7-4-2-1-3-6(7)5-9;2-1(3)4/h1-4H;2-4H. The van der Waals surface area contributed by atoms with E-state index in [0.717, 1.165) is 0 Å². The number of benzene rings is 1. The van der Waals surface area contributed by atoms with Crippen LogP contribution in [0.5, 0.6) is 0 Å². The molecule has 6 heteroatoms. The molecule has 0 aliphatic rings. The summed E-state index contributed by atoms with van der Waals surface area (Å²) in [5, 5.41) is 29.7. The summed E-state index contributed by atoms with van der Waals surface area (Å²) in [7, 11) is -2.17. The van der Waals surface area contributed by atoms with Crippen molar-refractivity contribution in [3.8, 4) is 6.07 Å². The van der Waals surface area contributed by atoms with Crippen LogP contribution in [0.2, 0.25) is 0 Å². The van der Waals surface area contributed by atoms with Crippen LogP contribution < -0.4 is 0 Å². The summed E-state index contributed by atoms with van der Waals surface area (Å²) < 4.78 is 12.4. The van der Waals surface area contributed by atoms with Crippen LogP contribution in [0.25, 0.3) is 0 Å². The minimum atomic E-state index is -2.17. The number of rotatable bonds is 0. The van der Waals surface area contributed by atoms with E-state index in [1.165, 1.54) is 12.1 Å². The van der Waals surface area contributed by atoms with Crippen molar-refractivity contribution in [3.05, 3.63) is 35.6 Å². The van der Waals surface area contributed by atoms with Crippen molar-refractivity contribution in [3.63, 3.8) is 0 Å². The van der Waals surface area contributed by atoms with Gasteiger partial charge in [-0.3, -0.25) is 0 Å². The van der Waals surface area contributed by atoms with Gasteiger partial charge in [0.05, 0.1) is 5.56 Å². The minimum Gasteiger partial charge on any atom is -0.402 e. The minimum absolute atomic E-state index is 0.0949. The number of nitrogens with zero attached hydrogens (tertiary/aromatic N) is 1. The molecule has 68 valence electrons. The number of nitriles is 1. The molecule has 0 radical (unpaired) electrons. The van der Waals surface area contributed by atoms with E-state index in [2.05, 4.69) is 0 Å². The molecule has 1 rings (SSSR count). The molecule has 0 aromatic heterocycles. The van der Waals surface area contributed by atoms with Crippen LogP contribution in [0.1, 0.15) is 5.56 Å². The first kappa shape index (κ1) is 11.6. The van der Waals surface area contributed by atoms with Crippen LogP contribution in [0, 0.1) is 17.1 Å². The van der Waals surface area contributed by atoms with Crippen LogP contribution in [0.4, 0.5) is 4.39 Å². The van der Waals surface area contributed by atoms with E-state index in [4.69, 9.17) is 20.3 Å². The fourth-order valence-electron chi connectivity index (χ4n) is 0.552. The maximum absolute atomic E-state index is 12.4. The predicted molar refractivity (Wildman–Crippen MR) is 43.5 cm³/mol. The van der Waals surface area contributed by atoms with Crippen LogP contribution >= 0.6 is 0 Å². The van der Waals surface area contributed by atoms with Crippen molar-refractivity contribution in [1.82, 2.24) is 0 Å². The van der Waals surface area contributed by atoms with Gasteiger partial charge < -0.3 is 15.1 Å². The molecule has 1 aromatic rings. The summed E-state index contributed by atoms with van der Waals surface area (Å²) in [6.07, 6.45) is 0. The predicted octanol–water partition coefficient (Wildman–Crippen LogP) is -0.354. The number of hydrogen-bond donors (Lipinski definition) is 3. The van der Waals surface area contributed by atoms with Crippen molar-refractivity contribution >= 4 is 7.32 Å². The highest BCUT2D eigenvalue weighted by Gasteiger charge is 1.94. The Labute approximate surface area is 74.7 Å². The first-order chi connectivity index (χ1) is 6.07. The topological polar surface area (TPSA) is 84.5 Å². The molecule has 0 spiro atoms. The molecule has 0 saturated carbocycles. The third kappa shape index (κ3) is 5.81. The summed E-state index contributed by atoms with van der Waals surface area (Å²) in [6, 6.07) is 7.60. The molecule has 0 bridgehead atoms. The van der Waals surface area contributed by atoms with Gasteiger partial charge in [0.25, 0.3) is 0 Å². The van der Waals surface area contributed by atoms with E-state index in [1.807, 2.05) is 0 Å². The van der Waals surface area contributed by atoms with Gasteiger partial charge in [-0.25, -0.2) is 4.39 Å². The van der Waals surface area contributed by atoms with Crippen molar-refractivity contribution in [2.75, 3.05) is 0 Å². The Morgan fingerprint density at radius 2 is 1.69 bits per heavy atom. The molecule has 3 N–H and O–H groups in total. The monoisotopic (exact) mass is 183 g/mol. The van der Waals surface area contributed by atoms with E-state index in [0.29, 0.717) is 0 Å². The lowest BCUT2D eigenvalue weighted by Gasteiger charge is -1.86. The molecule has 0 amide bonds. The molecule has 0 saturated heterocycles. The van der Waals surface area contributed by atoms with E-state index >= 15 is 0 Å². The summed E-state index contributed by atoms with van der Waals surface area (Å²) in [5.74, 6) is -0.458. The Kier molecular flexibility index (Phi) is 5.47. The quantitative estimate of drug-likeness (QED) is 0.479. The second-order valence-corrected chi connectivity index (χ2v) is 1.94. The lowest BCUT2D eigenvalue weighted by Crippen LogP contribution is -2.07. The van der Waals surface area contributed by atoms with Gasteiger partial charge in [0.1, 0.15) is 11.9 Å². The van der Waals surface area contributed by atoms with Gasteiger partial charge in [0, 0.05) is 0 Å². The van der Waals surface area contributed by atoms with Crippen LogP contribution in [0.15, 0.2) is 24.3 Å². The highest BCUT2D eigenvalue weighted by molar-refractivity contribution is 6.30. The molecule has 0 aliphatic heterocycles. The average Bonchev–Trinajstić information content (AvgIpc) is 2.04. The van der Waals surface area contributed by atoms with Gasteiger partial charge in [-0.1, -0.05) is 12.1 Å². The molecule has 4 nitrogen and oxygen atoms in total. The maximum atomic E-state index is 12.4. The average molecular weight is 183 g/mol. The summed E-state index contributed by atoms with van der Waals surface area (Å²) >= 11 is 0. The normalized spacial score (nSPS) is 7.92. The molecular formula is C7H7BFNO3. The maximum Gasteiger partial charge on any atom is 0.631 e. The van der Waals surface area contributed by atoms with Crippen molar-refractivity contribution < 1.29 is 19.5 Å². The lowest BCUT2D eigenvalue weighted by molar-refractivity contribution is 0.278. The third-order valence-electron chi connectivity index (χ3n) is 0.994. The zero-order valence-corrected chi connectivity index (χ0v) is 6.55. The summed E-state index contributed by atoms with van der Waals surface area (Å²) in [6.45, 7) is 0. The Balaban J connectivity index is 0.000000310. The summed E-state index contributed by atoms with van der Waals surface area (Å²) in [5.41, 5.74) is 0.0949. The molecule has 0 aliphatic carbocycles. The van der Waals surface area contributed by atoms with Gasteiger partial charge in [-0.2, -0.15) is 5.26 Å². The lowest BCUT2D eigenvalue weighted by atomic mass is 10.2. The van der Waals surface area contributed by atoms with Crippen LogP contribution in [0.3, 0.4) is 0 Å². The Morgan fingerprint density at radius 3 is 2.00 bits per heavy atom. The zero-order valence-electron chi connectivity index (χ0n) is 6.55. The number of halogens is 1. The fraction of sp³-hybridized carbons (Fsp3) is 0. The first-order valence-electron chi connectivity index (χ1n) is 3.26. The molecule has 1 aromatic carbocycles. The number of hydrogen-bond acceptors (Lipinski definition) is 4. The zero-order chi connectivity index (χ0) is 10.3. The van der Waals surface area contributed by atoms with E-state index in [1.54, 1.807) is 18.2 Å². The van der Waals surface area contributed by atoms with Crippen molar-refractivity contribution in [1.29, 1.82) is 5.26 Å². The molecule has 0 unspecified atom stereocenters. The Morgan fingerprint density at radius 1 is 1.23 bits per heavy atom. The Hall–Kier alpha value is -1.42. The van der Waals surface area contributed by atoms with E-state index in [9.17, 15) is 4.39 Å².